The molecule has 2 heteroatoms. The van der Waals surface area contributed by atoms with Crippen LogP contribution >= 0.6 is 0 Å². The van der Waals surface area contributed by atoms with E-state index in [-0.39, 0.29) is 0 Å². The Bertz CT molecular complexity index is 713. The van der Waals surface area contributed by atoms with Crippen molar-refractivity contribution in [3.63, 3.8) is 0 Å². The molecule has 0 radical (unpaired) electrons. The van der Waals surface area contributed by atoms with Crippen LogP contribution in [0.3, 0.4) is 0 Å². The summed E-state index contributed by atoms with van der Waals surface area (Å²) < 4.78 is 0. The Hall–Kier alpha value is -1.83. The third kappa shape index (κ3) is 7.17. The second-order valence-electron chi connectivity index (χ2n) is 8.70. The van der Waals surface area contributed by atoms with Crippen LogP contribution in [0.4, 0.5) is 0 Å². The van der Waals surface area contributed by atoms with Gasteiger partial charge in [0.25, 0.3) is 0 Å². The van der Waals surface area contributed by atoms with E-state index in [9.17, 15) is 0 Å². The summed E-state index contributed by atoms with van der Waals surface area (Å²) >= 11 is 0. The minimum absolute atomic E-state index is 0.391. The molecule has 0 aliphatic carbocycles. The minimum Gasteiger partial charge on any atom is -0.389 e. The molecule has 1 aliphatic heterocycles. The summed E-state index contributed by atoms with van der Waals surface area (Å²) in [5.41, 5.74) is 7.96. The van der Waals surface area contributed by atoms with E-state index < -0.39 is 0 Å². The Morgan fingerprint density at radius 1 is 1.07 bits per heavy atom. The van der Waals surface area contributed by atoms with E-state index in [0.29, 0.717) is 12.0 Å². The molecule has 1 heterocycles. The molecule has 0 saturated heterocycles. The number of aliphatic imine (C=N–C) groups is 1. The number of hydrogen-bond donors (Lipinski definition) is 1. The largest absolute Gasteiger partial charge is 0.389 e. The summed E-state index contributed by atoms with van der Waals surface area (Å²) in [7, 11) is 0. The summed E-state index contributed by atoms with van der Waals surface area (Å²) in [4.78, 5) is 4.75. The smallest absolute Gasteiger partial charge is 0.0556 e. The van der Waals surface area contributed by atoms with Gasteiger partial charge in [-0.1, -0.05) is 70.0 Å². The minimum atomic E-state index is 0.391. The maximum absolute atomic E-state index is 4.75. The first-order valence-electron chi connectivity index (χ1n) is 11.7. The molecule has 2 unspecified atom stereocenters. The number of hydrogen-bond acceptors (Lipinski definition) is 2. The molecule has 0 spiro atoms. The Morgan fingerprint density at radius 3 is 2.45 bits per heavy atom. The number of aryl methyl sites for hydroxylation is 2. The highest BCUT2D eigenvalue weighted by Crippen LogP contribution is 2.27. The van der Waals surface area contributed by atoms with Crippen LogP contribution in [0.15, 0.2) is 42.0 Å². The van der Waals surface area contributed by atoms with E-state index in [1.807, 2.05) is 0 Å². The lowest BCUT2D eigenvalue weighted by molar-refractivity contribution is 0.512. The van der Waals surface area contributed by atoms with Crippen molar-refractivity contribution < 1.29 is 0 Å². The maximum Gasteiger partial charge on any atom is 0.0556 e. The van der Waals surface area contributed by atoms with Crippen molar-refractivity contribution in [2.75, 3.05) is 6.54 Å². The van der Waals surface area contributed by atoms with Gasteiger partial charge in [0, 0.05) is 23.9 Å². The molecule has 1 N–H and O–H groups in total. The van der Waals surface area contributed by atoms with Gasteiger partial charge in [-0.05, 0) is 69.1 Å². The van der Waals surface area contributed by atoms with Crippen LogP contribution in [-0.4, -0.2) is 18.3 Å². The van der Waals surface area contributed by atoms with E-state index in [1.165, 1.54) is 72.2 Å². The Labute approximate surface area is 179 Å². The van der Waals surface area contributed by atoms with E-state index >= 15 is 0 Å². The van der Waals surface area contributed by atoms with Crippen LogP contribution in [-0.2, 0) is 12.8 Å². The van der Waals surface area contributed by atoms with Crippen LogP contribution in [0.5, 0.6) is 0 Å². The van der Waals surface area contributed by atoms with Crippen LogP contribution in [0.2, 0.25) is 0 Å². The van der Waals surface area contributed by atoms with Crippen molar-refractivity contribution in [2.45, 2.75) is 91.5 Å². The molecule has 1 aromatic carbocycles. The van der Waals surface area contributed by atoms with Crippen molar-refractivity contribution in [3.8, 4) is 0 Å². The van der Waals surface area contributed by atoms with Gasteiger partial charge in [-0.3, -0.25) is 4.99 Å². The van der Waals surface area contributed by atoms with Gasteiger partial charge in [0.15, 0.2) is 0 Å². The van der Waals surface area contributed by atoms with Gasteiger partial charge < -0.3 is 5.32 Å². The number of benzene rings is 1. The lowest BCUT2D eigenvalue weighted by Crippen LogP contribution is -2.24. The predicted molar refractivity (Wildman–Crippen MR) is 130 cm³/mol. The number of allylic oxidation sites excluding steroid dienone is 1. The number of rotatable bonds is 13. The van der Waals surface area contributed by atoms with Crippen LogP contribution < -0.4 is 5.32 Å². The molecule has 29 heavy (non-hydrogen) atoms. The molecule has 2 atom stereocenters. The first kappa shape index (κ1) is 23.4. The molecular weight excluding hydrogens is 352 g/mol. The fourth-order valence-corrected chi connectivity index (χ4v) is 4.38. The summed E-state index contributed by atoms with van der Waals surface area (Å²) in [6, 6.07) is 7.32. The van der Waals surface area contributed by atoms with Crippen molar-refractivity contribution in [1.82, 2.24) is 5.32 Å². The Balaban J connectivity index is 1.57. The zero-order valence-electron chi connectivity index (χ0n) is 19.3. The average Bonchev–Trinajstić information content (AvgIpc) is 3.10. The highest BCUT2D eigenvalue weighted by Gasteiger charge is 2.26. The van der Waals surface area contributed by atoms with E-state index in [0.717, 1.165) is 25.8 Å². The zero-order chi connectivity index (χ0) is 21.2. The summed E-state index contributed by atoms with van der Waals surface area (Å²) in [6.45, 7) is 18.2. The van der Waals surface area contributed by atoms with Gasteiger partial charge in [-0.25, -0.2) is 0 Å². The quantitative estimate of drug-likeness (QED) is 0.353. The summed E-state index contributed by atoms with van der Waals surface area (Å²) in [6.07, 6.45) is 10.9. The summed E-state index contributed by atoms with van der Waals surface area (Å²) in [5, 5.41) is 3.57. The molecule has 2 nitrogen and oxygen atoms in total. The van der Waals surface area contributed by atoms with Crippen molar-refractivity contribution in [1.29, 1.82) is 0 Å². The van der Waals surface area contributed by atoms with Crippen molar-refractivity contribution in [2.24, 2.45) is 10.9 Å². The van der Waals surface area contributed by atoms with E-state index in [2.05, 4.69) is 64.4 Å². The van der Waals surface area contributed by atoms with Crippen molar-refractivity contribution >= 4 is 11.3 Å². The third-order valence-electron chi connectivity index (χ3n) is 6.28. The fourth-order valence-electron chi connectivity index (χ4n) is 4.38. The molecule has 0 fully saturated rings. The highest BCUT2D eigenvalue weighted by atomic mass is 14.9. The van der Waals surface area contributed by atoms with Gasteiger partial charge in [0.1, 0.15) is 0 Å². The molecule has 0 bridgehead atoms. The number of unbranched alkanes of at least 4 members (excludes halogenated alkanes) is 4. The lowest BCUT2D eigenvalue weighted by Gasteiger charge is -2.19. The van der Waals surface area contributed by atoms with Gasteiger partial charge in [0.05, 0.1) is 6.04 Å². The normalized spacial score (nSPS) is 18.6. The molecule has 2 rings (SSSR count). The molecule has 0 aromatic heterocycles. The highest BCUT2D eigenvalue weighted by molar-refractivity contribution is 5.86. The molecule has 1 aromatic rings. The summed E-state index contributed by atoms with van der Waals surface area (Å²) in [5.74, 6) is 0.495. The Morgan fingerprint density at radius 2 is 1.79 bits per heavy atom. The Kier molecular flexibility index (Phi) is 9.70. The molecule has 160 valence electrons. The van der Waals surface area contributed by atoms with Crippen LogP contribution in [0.1, 0.15) is 89.3 Å². The monoisotopic (exact) mass is 394 g/mol. The number of nitrogens with one attached hydrogen (secondary N) is 1. The van der Waals surface area contributed by atoms with Crippen molar-refractivity contribution in [3.05, 3.63) is 53.7 Å². The van der Waals surface area contributed by atoms with E-state index in [4.69, 9.17) is 4.99 Å². The first-order valence-corrected chi connectivity index (χ1v) is 11.7. The average molecular weight is 395 g/mol. The first-order chi connectivity index (χ1) is 14.0. The van der Waals surface area contributed by atoms with Gasteiger partial charge >= 0.3 is 0 Å². The van der Waals surface area contributed by atoms with Crippen LogP contribution in [0.25, 0.3) is 5.57 Å². The van der Waals surface area contributed by atoms with E-state index in [1.54, 1.807) is 0 Å². The topological polar surface area (TPSA) is 24.4 Å². The molecule has 1 aliphatic rings. The molecular formula is C27H42N2. The lowest BCUT2D eigenvalue weighted by atomic mass is 9.95. The fraction of sp³-hybridized carbons (Fsp3) is 0.593. The molecule has 0 amide bonds. The number of nitrogens with zero attached hydrogens (tertiary/aromatic N) is 1. The predicted octanol–water partition coefficient (Wildman–Crippen LogP) is 7.14. The van der Waals surface area contributed by atoms with Gasteiger partial charge in [-0.15, -0.1) is 0 Å². The SMILES string of the molecule is C=C(C)c1ccc(CCCCCCCNC(=C)C2CC(CC)=NC2C)cc1CC. The van der Waals surface area contributed by atoms with Gasteiger partial charge in [-0.2, -0.15) is 0 Å². The zero-order valence-corrected chi connectivity index (χ0v) is 19.3. The maximum atomic E-state index is 4.75. The van der Waals surface area contributed by atoms with Gasteiger partial charge in [0.2, 0.25) is 0 Å². The van der Waals surface area contributed by atoms with Crippen LogP contribution in [0, 0.1) is 5.92 Å². The standard InChI is InChI=1S/C27H42N2/c1-7-24-18-23(15-16-26(24)20(3)4)14-12-10-9-11-13-17-28-21(5)27-19-25(8-2)29-22(27)6/h15-16,18,22,27-28H,3,5,7-14,17,19H2,1-2,4,6H3. The second-order valence-corrected chi connectivity index (χ2v) is 8.70. The molecule has 0 saturated carbocycles. The third-order valence-corrected chi connectivity index (χ3v) is 6.28. The second kappa shape index (κ2) is 12.0.